The molecule has 2 aromatic rings. The smallest absolute Gasteiger partial charge is 0.261 e. The minimum Gasteiger partial charge on any atom is -0.349 e. The summed E-state index contributed by atoms with van der Waals surface area (Å²) >= 11 is 7.57. The van der Waals surface area contributed by atoms with E-state index >= 15 is 0 Å². The van der Waals surface area contributed by atoms with Gasteiger partial charge in [-0.15, -0.1) is 11.3 Å². The number of hydrogen-bond donors (Lipinski definition) is 2. The van der Waals surface area contributed by atoms with Gasteiger partial charge in [-0.3, -0.25) is 14.5 Å². The van der Waals surface area contributed by atoms with E-state index in [4.69, 9.17) is 11.6 Å². The Morgan fingerprint density at radius 3 is 2.55 bits per heavy atom. The molecule has 1 aromatic heterocycles. The topological polar surface area (TPSA) is 61.4 Å². The van der Waals surface area contributed by atoms with Crippen molar-refractivity contribution in [3.8, 4) is 0 Å². The molecule has 5 nitrogen and oxygen atoms in total. The Balaban J connectivity index is 1.75. The van der Waals surface area contributed by atoms with Crippen molar-refractivity contribution in [3.63, 3.8) is 0 Å². The maximum Gasteiger partial charge on any atom is 0.261 e. The standard InChI is InChI=1S/C23H29ClFN3O2S/c1-14-12-18(27-22(30)23(2,3)4)31-20(14)21(29)26-13-17(28-10-5-6-11-28)19-15(24)8-7-9-16(19)25/h7-9,12,17H,5-6,10-11,13H2,1-4H3,(H,26,29)(H,27,30)/t17-/m0/s1. The maximum atomic E-state index is 14.6. The average molecular weight is 466 g/mol. The van der Waals surface area contributed by atoms with Crippen LogP contribution in [-0.4, -0.2) is 36.3 Å². The van der Waals surface area contributed by atoms with Gasteiger partial charge in [0.15, 0.2) is 0 Å². The lowest BCUT2D eigenvalue weighted by atomic mass is 9.96. The normalized spacial score (nSPS) is 15.7. The van der Waals surface area contributed by atoms with Crippen LogP contribution in [-0.2, 0) is 4.79 Å². The van der Waals surface area contributed by atoms with Crippen molar-refractivity contribution in [2.45, 2.75) is 46.6 Å². The molecule has 31 heavy (non-hydrogen) atoms. The van der Waals surface area contributed by atoms with Gasteiger partial charge < -0.3 is 10.6 Å². The van der Waals surface area contributed by atoms with Gasteiger partial charge in [-0.1, -0.05) is 38.4 Å². The largest absolute Gasteiger partial charge is 0.349 e. The van der Waals surface area contributed by atoms with E-state index in [-0.39, 0.29) is 30.2 Å². The molecule has 2 heterocycles. The predicted molar refractivity (Wildman–Crippen MR) is 124 cm³/mol. The van der Waals surface area contributed by atoms with Crippen molar-refractivity contribution in [3.05, 3.63) is 51.1 Å². The van der Waals surface area contributed by atoms with Crippen LogP contribution in [0.5, 0.6) is 0 Å². The number of likely N-dealkylation sites (tertiary alicyclic amines) is 1. The predicted octanol–water partition coefficient (Wildman–Crippen LogP) is 5.40. The number of nitrogens with zero attached hydrogens (tertiary/aromatic N) is 1. The molecule has 1 aromatic carbocycles. The Morgan fingerprint density at radius 2 is 1.94 bits per heavy atom. The van der Waals surface area contributed by atoms with Crippen LogP contribution in [0.4, 0.5) is 9.39 Å². The van der Waals surface area contributed by atoms with Crippen molar-refractivity contribution in [2.24, 2.45) is 5.41 Å². The van der Waals surface area contributed by atoms with E-state index in [1.807, 2.05) is 27.7 Å². The number of aryl methyl sites for hydroxylation is 1. The third-order valence-corrected chi connectivity index (χ3v) is 6.89. The third kappa shape index (κ3) is 5.64. The highest BCUT2D eigenvalue weighted by molar-refractivity contribution is 7.18. The Labute approximate surface area is 192 Å². The molecule has 3 rings (SSSR count). The number of nitrogens with one attached hydrogen (secondary N) is 2. The molecule has 0 aliphatic carbocycles. The molecule has 0 radical (unpaired) electrons. The lowest BCUT2D eigenvalue weighted by Gasteiger charge is -2.29. The zero-order valence-corrected chi connectivity index (χ0v) is 19.9. The lowest BCUT2D eigenvalue weighted by molar-refractivity contribution is -0.123. The van der Waals surface area contributed by atoms with Gasteiger partial charge in [0, 0.05) is 22.5 Å². The van der Waals surface area contributed by atoms with Crippen molar-refractivity contribution >= 4 is 39.8 Å². The summed E-state index contributed by atoms with van der Waals surface area (Å²) < 4.78 is 14.6. The SMILES string of the molecule is Cc1cc(NC(=O)C(C)(C)C)sc1C(=O)NC[C@@H](c1c(F)cccc1Cl)N1CCCC1. The molecule has 1 saturated heterocycles. The number of anilines is 1. The fourth-order valence-electron chi connectivity index (χ4n) is 3.63. The number of halogens is 2. The van der Waals surface area contributed by atoms with E-state index in [0.717, 1.165) is 31.5 Å². The Kier molecular flexibility index (Phi) is 7.39. The molecular weight excluding hydrogens is 437 g/mol. The van der Waals surface area contributed by atoms with Gasteiger partial charge in [-0.2, -0.15) is 0 Å². The number of hydrogen-bond acceptors (Lipinski definition) is 4. The first kappa shape index (κ1) is 23.7. The van der Waals surface area contributed by atoms with Gasteiger partial charge in [-0.05, 0) is 56.6 Å². The first-order valence-corrected chi connectivity index (χ1v) is 11.7. The van der Waals surface area contributed by atoms with E-state index in [9.17, 15) is 14.0 Å². The minimum atomic E-state index is -0.526. The number of thiophene rings is 1. The summed E-state index contributed by atoms with van der Waals surface area (Å²) in [6.45, 7) is 9.27. The van der Waals surface area contributed by atoms with Crippen LogP contribution >= 0.6 is 22.9 Å². The van der Waals surface area contributed by atoms with E-state index in [0.29, 0.717) is 20.5 Å². The molecule has 0 bridgehead atoms. The summed E-state index contributed by atoms with van der Waals surface area (Å²) in [5.74, 6) is -0.711. The van der Waals surface area contributed by atoms with Crippen LogP contribution in [0.15, 0.2) is 24.3 Å². The maximum absolute atomic E-state index is 14.6. The van der Waals surface area contributed by atoms with Crippen LogP contribution in [0.3, 0.4) is 0 Å². The van der Waals surface area contributed by atoms with Crippen LogP contribution in [0, 0.1) is 18.2 Å². The molecule has 1 fully saturated rings. The van der Waals surface area contributed by atoms with Gasteiger partial charge in [0.1, 0.15) is 5.82 Å². The minimum absolute atomic E-state index is 0.107. The molecule has 1 aliphatic heterocycles. The second-order valence-electron chi connectivity index (χ2n) is 8.93. The van der Waals surface area contributed by atoms with Crippen molar-refractivity contribution in [1.29, 1.82) is 0 Å². The highest BCUT2D eigenvalue weighted by Crippen LogP contribution is 2.33. The van der Waals surface area contributed by atoms with Crippen LogP contribution in [0.2, 0.25) is 5.02 Å². The summed E-state index contributed by atoms with van der Waals surface area (Å²) in [4.78, 5) is 27.9. The van der Waals surface area contributed by atoms with Crippen LogP contribution in [0.25, 0.3) is 0 Å². The zero-order chi connectivity index (χ0) is 22.8. The van der Waals surface area contributed by atoms with Crippen LogP contribution in [0.1, 0.15) is 60.5 Å². The van der Waals surface area contributed by atoms with E-state index in [1.54, 1.807) is 18.2 Å². The Hall–Kier alpha value is -1.96. The molecule has 1 atom stereocenters. The van der Waals surface area contributed by atoms with Crippen molar-refractivity contribution in [1.82, 2.24) is 10.2 Å². The number of carbonyl (C=O) groups is 2. The monoisotopic (exact) mass is 465 g/mol. The average Bonchev–Trinajstić information content (AvgIpc) is 3.33. The molecular formula is C23H29ClFN3O2S. The fraction of sp³-hybridized carbons (Fsp3) is 0.478. The zero-order valence-electron chi connectivity index (χ0n) is 18.4. The summed E-state index contributed by atoms with van der Waals surface area (Å²) in [5.41, 5.74) is 0.684. The van der Waals surface area contributed by atoms with Gasteiger partial charge in [0.2, 0.25) is 5.91 Å². The second-order valence-corrected chi connectivity index (χ2v) is 10.4. The first-order chi connectivity index (χ1) is 14.6. The number of amides is 2. The van der Waals surface area contributed by atoms with Gasteiger partial charge >= 0.3 is 0 Å². The van der Waals surface area contributed by atoms with E-state index in [1.165, 1.54) is 17.4 Å². The summed E-state index contributed by atoms with van der Waals surface area (Å²) in [6, 6.07) is 6.14. The second kappa shape index (κ2) is 9.67. The summed E-state index contributed by atoms with van der Waals surface area (Å²) in [7, 11) is 0. The van der Waals surface area contributed by atoms with Crippen molar-refractivity contribution in [2.75, 3.05) is 25.0 Å². The molecule has 168 valence electrons. The number of benzene rings is 1. The molecule has 0 unspecified atom stereocenters. The highest BCUT2D eigenvalue weighted by Gasteiger charge is 2.29. The highest BCUT2D eigenvalue weighted by atomic mass is 35.5. The van der Waals surface area contributed by atoms with Crippen molar-refractivity contribution < 1.29 is 14.0 Å². The summed E-state index contributed by atoms with van der Waals surface area (Å²) in [5, 5.41) is 6.83. The number of rotatable bonds is 6. The van der Waals surface area contributed by atoms with Gasteiger partial charge in [0.05, 0.1) is 15.9 Å². The van der Waals surface area contributed by atoms with Crippen LogP contribution < -0.4 is 10.6 Å². The molecule has 2 N–H and O–H groups in total. The van der Waals surface area contributed by atoms with Gasteiger partial charge in [0.25, 0.3) is 5.91 Å². The van der Waals surface area contributed by atoms with E-state index in [2.05, 4.69) is 15.5 Å². The molecule has 2 amide bonds. The lowest BCUT2D eigenvalue weighted by Crippen LogP contribution is -2.37. The molecule has 1 aliphatic rings. The van der Waals surface area contributed by atoms with Gasteiger partial charge in [-0.25, -0.2) is 4.39 Å². The molecule has 0 saturated carbocycles. The number of carbonyl (C=O) groups excluding carboxylic acids is 2. The quantitative estimate of drug-likeness (QED) is 0.600. The molecule has 0 spiro atoms. The summed E-state index contributed by atoms with van der Waals surface area (Å²) in [6.07, 6.45) is 2.08. The fourth-order valence-corrected chi connectivity index (χ4v) is 4.91. The first-order valence-electron chi connectivity index (χ1n) is 10.5. The Morgan fingerprint density at radius 1 is 1.26 bits per heavy atom. The third-order valence-electron chi connectivity index (χ3n) is 5.41. The Bertz CT molecular complexity index is 944. The van der Waals surface area contributed by atoms with E-state index < -0.39 is 5.41 Å². The molecule has 8 heteroatoms.